The molecule has 0 saturated heterocycles. The molecule has 0 aliphatic carbocycles. The third kappa shape index (κ3) is 4.67. The molecule has 0 bridgehead atoms. The number of rotatable bonds is 7. The molecule has 2 unspecified atom stereocenters. The second-order valence-corrected chi connectivity index (χ2v) is 5.05. The summed E-state index contributed by atoms with van der Waals surface area (Å²) in [6.07, 6.45) is 3.86. The largest absolute Gasteiger partial charge is 0.352 e. The molecule has 1 amide bonds. The number of hydrogen-bond donors (Lipinski definition) is 2. The van der Waals surface area contributed by atoms with Gasteiger partial charge in [-0.1, -0.05) is 13.8 Å². The standard InChI is InChI=1S/C14H26N4O/c1-6-10(3)16-14(19)11(4)15-8-12-9-18(5)17-13(12)7-2/h9-11,15H,6-8H2,1-5H3,(H,16,19). The van der Waals surface area contributed by atoms with Gasteiger partial charge < -0.3 is 10.6 Å². The van der Waals surface area contributed by atoms with Crippen molar-refractivity contribution >= 4 is 5.91 Å². The van der Waals surface area contributed by atoms with E-state index in [1.165, 1.54) is 0 Å². The highest BCUT2D eigenvalue weighted by atomic mass is 16.2. The molecule has 0 aliphatic rings. The second-order valence-electron chi connectivity index (χ2n) is 5.05. The molecule has 5 nitrogen and oxygen atoms in total. The summed E-state index contributed by atoms with van der Waals surface area (Å²) in [7, 11) is 1.92. The zero-order valence-corrected chi connectivity index (χ0v) is 12.7. The van der Waals surface area contributed by atoms with Crippen LogP contribution in [0, 0.1) is 0 Å². The molecule has 5 heteroatoms. The van der Waals surface area contributed by atoms with Crippen LogP contribution in [0.3, 0.4) is 0 Å². The van der Waals surface area contributed by atoms with E-state index >= 15 is 0 Å². The van der Waals surface area contributed by atoms with Crippen LogP contribution in [0.25, 0.3) is 0 Å². The van der Waals surface area contributed by atoms with Gasteiger partial charge >= 0.3 is 0 Å². The van der Waals surface area contributed by atoms with E-state index in [4.69, 9.17) is 0 Å². The lowest BCUT2D eigenvalue weighted by atomic mass is 10.2. The highest BCUT2D eigenvalue weighted by Crippen LogP contribution is 2.07. The molecule has 0 spiro atoms. The molecule has 2 N–H and O–H groups in total. The molecule has 0 aliphatic heterocycles. The van der Waals surface area contributed by atoms with Crippen molar-refractivity contribution in [2.24, 2.45) is 7.05 Å². The van der Waals surface area contributed by atoms with Crippen molar-refractivity contribution in [2.45, 2.75) is 59.2 Å². The van der Waals surface area contributed by atoms with Gasteiger partial charge in [-0.15, -0.1) is 0 Å². The van der Waals surface area contributed by atoms with Crippen LogP contribution in [0.2, 0.25) is 0 Å². The Hall–Kier alpha value is -1.36. The Labute approximate surface area is 115 Å². The van der Waals surface area contributed by atoms with E-state index in [1.54, 1.807) is 0 Å². The average Bonchev–Trinajstić information content (AvgIpc) is 2.75. The van der Waals surface area contributed by atoms with E-state index in [-0.39, 0.29) is 18.0 Å². The number of nitrogens with one attached hydrogen (secondary N) is 2. The Morgan fingerprint density at radius 3 is 2.68 bits per heavy atom. The molecule has 0 aromatic carbocycles. The van der Waals surface area contributed by atoms with Crippen molar-refractivity contribution in [3.05, 3.63) is 17.5 Å². The number of nitrogens with zero attached hydrogens (tertiary/aromatic N) is 2. The summed E-state index contributed by atoms with van der Waals surface area (Å²) < 4.78 is 1.82. The molecule has 0 radical (unpaired) electrons. The van der Waals surface area contributed by atoms with E-state index in [1.807, 2.05) is 31.8 Å². The van der Waals surface area contributed by atoms with Crippen molar-refractivity contribution in [1.82, 2.24) is 20.4 Å². The molecule has 1 aromatic rings. The Bertz CT molecular complexity index is 414. The summed E-state index contributed by atoms with van der Waals surface area (Å²) in [4.78, 5) is 11.9. The van der Waals surface area contributed by atoms with Crippen LogP contribution in [0.4, 0.5) is 0 Å². The number of aryl methyl sites for hydroxylation is 2. The predicted molar refractivity (Wildman–Crippen MR) is 76.8 cm³/mol. The number of hydrogen-bond acceptors (Lipinski definition) is 3. The number of carbonyl (C=O) groups excluding carboxylic acids is 1. The van der Waals surface area contributed by atoms with Crippen molar-refractivity contribution in [1.29, 1.82) is 0 Å². The van der Waals surface area contributed by atoms with Crippen LogP contribution < -0.4 is 10.6 Å². The van der Waals surface area contributed by atoms with Gasteiger partial charge in [0.15, 0.2) is 0 Å². The molecule has 2 atom stereocenters. The first kappa shape index (κ1) is 15.7. The lowest BCUT2D eigenvalue weighted by Crippen LogP contribution is -2.45. The van der Waals surface area contributed by atoms with Gasteiger partial charge in [0.05, 0.1) is 11.7 Å². The minimum atomic E-state index is -0.195. The Morgan fingerprint density at radius 2 is 2.11 bits per heavy atom. The predicted octanol–water partition coefficient (Wildman–Crippen LogP) is 1.38. The van der Waals surface area contributed by atoms with Crippen molar-refractivity contribution in [3.63, 3.8) is 0 Å². The van der Waals surface area contributed by atoms with Gasteiger partial charge in [0.2, 0.25) is 5.91 Å². The summed E-state index contributed by atoms with van der Waals surface area (Å²) in [5.74, 6) is 0.0521. The van der Waals surface area contributed by atoms with Gasteiger partial charge in [0.25, 0.3) is 0 Å². The van der Waals surface area contributed by atoms with Gasteiger partial charge in [0, 0.05) is 31.4 Å². The van der Waals surface area contributed by atoms with E-state index < -0.39 is 0 Å². The summed E-state index contributed by atoms with van der Waals surface area (Å²) in [5, 5.41) is 10.6. The highest BCUT2D eigenvalue weighted by Gasteiger charge is 2.15. The lowest BCUT2D eigenvalue weighted by Gasteiger charge is -2.17. The molecule has 108 valence electrons. The van der Waals surface area contributed by atoms with Gasteiger partial charge in [0.1, 0.15) is 0 Å². The maximum atomic E-state index is 11.9. The molecule has 1 aromatic heterocycles. The zero-order valence-electron chi connectivity index (χ0n) is 12.7. The highest BCUT2D eigenvalue weighted by molar-refractivity contribution is 5.81. The Morgan fingerprint density at radius 1 is 1.42 bits per heavy atom. The fraction of sp³-hybridized carbons (Fsp3) is 0.714. The van der Waals surface area contributed by atoms with Crippen LogP contribution in [0.15, 0.2) is 6.20 Å². The van der Waals surface area contributed by atoms with Crippen LogP contribution in [0.5, 0.6) is 0 Å². The van der Waals surface area contributed by atoms with Crippen LogP contribution in [-0.4, -0.2) is 27.8 Å². The zero-order chi connectivity index (χ0) is 14.4. The lowest BCUT2D eigenvalue weighted by molar-refractivity contribution is -0.123. The number of aromatic nitrogens is 2. The van der Waals surface area contributed by atoms with Gasteiger partial charge in [-0.2, -0.15) is 5.10 Å². The molecule has 0 fully saturated rings. The van der Waals surface area contributed by atoms with Crippen molar-refractivity contribution in [2.75, 3.05) is 0 Å². The van der Waals surface area contributed by atoms with Gasteiger partial charge in [-0.05, 0) is 26.7 Å². The smallest absolute Gasteiger partial charge is 0.237 e. The third-order valence-electron chi connectivity index (χ3n) is 3.32. The minimum Gasteiger partial charge on any atom is -0.352 e. The van der Waals surface area contributed by atoms with E-state index in [0.29, 0.717) is 6.54 Å². The van der Waals surface area contributed by atoms with Crippen molar-refractivity contribution in [3.8, 4) is 0 Å². The SMILES string of the molecule is CCc1nn(C)cc1CNC(C)C(=O)NC(C)CC. The van der Waals surface area contributed by atoms with Crippen LogP contribution in [-0.2, 0) is 24.8 Å². The molecule has 1 rings (SSSR count). The van der Waals surface area contributed by atoms with E-state index in [0.717, 1.165) is 24.1 Å². The third-order valence-corrected chi connectivity index (χ3v) is 3.32. The maximum absolute atomic E-state index is 11.9. The van der Waals surface area contributed by atoms with E-state index in [9.17, 15) is 4.79 Å². The van der Waals surface area contributed by atoms with E-state index in [2.05, 4.69) is 29.6 Å². The Kier molecular flexibility index (Phi) is 6.02. The Balaban J connectivity index is 2.49. The monoisotopic (exact) mass is 266 g/mol. The summed E-state index contributed by atoms with van der Waals surface area (Å²) in [6.45, 7) is 8.73. The maximum Gasteiger partial charge on any atom is 0.237 e. The minimum absolute atomic E-state index is 0.0521. The van der Waals surface area contributed by atoms with Gasteiger partial charge in [-0.3, -0.25) is 9.48 Å². The normalized spacial score (nSPS) is 14.2. The van der Waals surface area contributed by atoms with Crippen LogP contribution >= 0.6 is 0 Å². The average molecular weight is 266 g/mol. The molecular formula is C14H26N4O. The molecular weight excluding hydrogens is 240 g/mol. The number of amides is 1. The number of carbonyl (C=O) groups is 1. The fourth-order valence-corrected chi connectivity index (χ4v) is 1.85. The molecule has 1 heterocycles. The first-order valence-electron chi connectivity index (χ1n) is 7.03. The van der Waals surface area contributed by atoms with Crippen LogP contribution in [0.1, 0.15) is 45.4 Å². The summed E-state index contributed by atoms with van der Waals surface area (Å²) >= 11 is 0. The summed E-state index contributed by atoms with van der Waals surface area (Å²) in [5.41, 5.74) is 2.25. The summed E-state index contributed by atoms with van der Waals surface area (Å²) in [6, 6.07) is 0.0280. The first-order valence-corrected chi connectivity index (χ1v) is 7.03. The molecule has 19 heavy (non-hydrogen) atoms. The quantitative estimate of drug-likeness (QED) is 0.784. The van der Waals surface area contributed by atoms with Crippen molar-refractivity contribution < 1.29 is 4.79 Å². The van der Waals surface area contributed by atoms with Gasteiger partial charge in [-0.25, -0.2) is 0 Å². The topological polar surface area (TPSA) is 59.0 Å². The fourth-order valence-electron chi connectivity index (χ4n) is 1.85. The second kappa shape index (κ2) is 7.28. The first-order chi connectivity index (χ1) is 8.97. The molecule has 0 saturated carbocycles.